The van der Waals surface area contributed by atoms with Gasteiger partial charge in [-0.2, -0.15) is 0 Å². The topological polar surface area (TPSA) is 40.5 Å². The number of carbonyl (C=O) groups excluding carboxylic acids is 1. The maximum absolute atomic E-state index is 12.9. The van der Waals surface area contributed by atoms with Crippen molar-refractivity contribution in [3.63, 3.8) is 0 Å². The summed E-state index contributed by atoms with van der Waals surface area (Å²) in [6.45, 7) is 1.41. The first-order valence-corrected chi connectivity index (χ1v) is 4.17. The molecule has 1 fully saturated rings. The Labute approximate surface area is 76.5 Å². The standard InChI is InChI=1S/C9H12FNO2/c1-2-3-9(13)11-5-7(10)4-8(11)6-12/h7-8,12H,4-6H2,1H3. The minimum atomic E-state index is -1.03. The Morgan fingerprint density at radius 2 is 2.46 bits per heavy atom. The number of alkyl halides is 1. The molecule has 1 saturated heterocycles. The van der Waals surface area contributed by atoms with E-state index in [0.29, 0.717) is 0 Å². The SMILES string of the molecule is CC#CC(=O)N1CC(F)CC1CO. The zero-order valence-corrected chi connectivity index (χ0v) is 7.46. The molecule has 2 unspecified atom stereocenters. The van der Waals surface area contributed by atoms with Crippen molar-refractivity contribution in [2.75, 3.05) is 13.2 Å². The van der Waals surface area contributed by atoms with Crippen molar-refractivity contribution in [1.29, 1.82) is 0 Å². The van der Waals surface area contributed by atoms with Crippen LogP contribution in [0.2, 0.25) is 0 Å². The lowest BCUT2D eigenvalue weighted by Gasteiger charge is -2.19. The predicted octanol–water partition coefficient (Wildman–Crippen LogP) is -0.0590. The van der Waals surface area contributed by atoms with Gasteiger partial charge in [0.15, 0.2) is 0 Å². The molecule has 0 radical (unpaired) electrons. The van der Waals surface area contributed by atoms with E-state index in [0.717, 1.165) is 0 Å². The zero-order chi connectivity index (χ0) is 9.84. The third kappa shape index (κ3) is 2.19. The molecule has 0 bridgehead atoms. The average Bonchev–Trinajstić information content (AvgIpc) is 2.47. The van der Waals surface area contributed by atoms with Gasteiger partial charge in [-0.05, 0) is 12.8 Å². The highest BCUT2D eigenvalue weighted by Gasteiger charge is 2.33. The van der Waals surface area contributed by atoms with E-state index in [4.69, 9.17) is 5.11 Å². The van der Waals surface area contributed by atoms with E-state index >= 15 is 0 Å². The molecule has 1 N–H and O–H groups in total. The Bertz CT molecular complexity index is 256. The molecule has 1 rings (SSSR count). The maximum Gasteiger partial charge on any atom is 0.298 e. The van der Waals surface area contributed by atoms with Crippen LogP contribution in [-0.4, -0.2) is 41.3 Å². The minimum Gasteiger partial charge on any atom is -0.394 e. The fourth-order valence-corrected chi connectivity index (χ4v) is 1.46. The second-order valence-corrected chi connectivity index (χ2v) is 3.00. The Morgan fingerprint density at radius 1 is 1.77 bits per heavy atom. The van der Waals surface area contributed by atoms with Gasteiger partial charge < -0.3 is 10.0 Å². The highest BCUT2D eigenvalue weighted by atomic mass is 19.1. The van der Waals surface area contributed by atoms with Gasteiger partial charge in [-0.1, -0.05) is 5.92 Å². The Balaban J connectivity index is 2.66. The van der Waals surface area contributed by atoms with Gasteiger partial charge in [0.05, 0.1) is 19.2 Å². The van der Waals surface area contributed by atoms with Gasteiger partial charge in [0.2, 0.25) is 0 Å². The first-order chi connectivity index (χ1) is 6.19. The van der Waals surface area contributed by atoms with E-state index in [2.05, 4.69) is 11.8 Å². The largest absolute Gasteiger partial charge is 0.394 e. The van der Waals surface area contributed by atoms with Crippen LogP contribution in [0.5, 0.6) is 0 Å². The molecule has 0 aromatic carbocycles. The van der Waals surface area contributed by atoms with Crippen LogP contribution in [0, 0.1) is 11.8 Å². The molecule has 0 aromatic rings. The van der Waals surface area contributed by atoms with E-state index in [-0.39, 0.29) is 19.6 Å². The lowest BCUT2D eigenvalue weighted by molar-refractivity contribution is -0.126. The number of carbonyl (C=O) groups is 1. The molecular formula is C9H12FNO2. The van der Waals surface area contributed by atoms with Crippen LogP contribution < -0.4 is 0 Å². The number of aliphatic hydroxyl groups excluding tert-OH is 1. The zero-order valence-electron chi connectivity index (χ0n) is 7.46. The van der Waals surface area contributed by atoms with Crippen LogP contribution in [0.1, 0.15) is 13.3 Å². The molecule has 2 atom stereocenters. The van der Waals surface area contributed by atoms with E-state index in [1.54, 1.807) is 6.92 Å². The van der Waals surface area contributed by atoms with Gasteiger partial charge in [0, 0.05) is 6.42 Å². The van der Waals surface area contributed by atoms with Crippen LogP contribution in [0.4, 0.5) is 4.39 Å². The number of rotatable bonds is 1. The van der Waals surface area contributed by atoms with Crippen molar-refractivity contribution in [1.82, 2.24) is 4.90 Å². The minimum absolute atomic E-state index is 0.0543. The quantitative estimate of drug-likeness (QED) is 0.581. The first kappa shape index (κ1) is 10.0. The molecule has 13 heavy (non-hydrogen) atoms. The van der Waals surface area contributed by atoms with Crippen LogP contribution in [0.15, 0.2) is 0 Å². The molecular weight excluding hydrogens is 173 g/mol. The summed E-state index contributed by atoms with van der Waals surface area (Å²) in [5, 5.41) is 8.86. The number of amides is 1. The highest BCUT2D eigenvalue weighted by molar-refractivity contribution is 5.93. The normalized spacial score (nSPS) is 26.8. The number of hydrogen-bond donors (Lipinski definition) is 1. The monoisotopic (exact) mass is 185 g/mol. The summed E-state index contributed by atoms with van der Waals surface area (Å²) >= 11 is 0. The molecule has 1 heterocycles. The molecule has 3 nitrogen and oxygen atoms in total. The van der Waals surface area contributed by atoms with Crippen LogP contribution in [0.3, 0.4) is 0 Å². The number of likely N-dealkylation sites (tertiary alicyclic amines) is 1. The van der Waals surface area contributed by atoms with Gasteiger partial charge in [0.25, 0.3) is 5.91 Å². The van der Waals surface area contributed by atoms with Gasteiger partial charge in [-0.15, -0.1) is 0 Å². The van der Waals surface area contributed by atoms with E-state index in [1.807, 2.05) is 0 Å². The summed E-state index contributed by atoms with van der Waals surface area (Å²) in [4.78, 5) is 12.5. The summed E-state index contributed by atoms with van der Waals surface area (Å²) in [5.74, 6) is 4.39. The number of aliphatic hydroxyl groups is 1. The Morgan fingerprint density at radius 3 is 3.00 bits per heavy atom. The van der Waals surface area contributed by atoms with E-state index in [9.17, 15) is 9.18 Å². The van der Waals surface area contributed by atoms with Gasteiger partial charge >= 0.3 is 0 Å². The Kier molecular flexibility index (Phi) is 3.26. The molecule has 0 saturated carbocycles. The number of halogens is 1. The highest BCUT2D eigenvalue weighted by Crippen LogP contribution is 2.19. The maximum atomic E-state index is 12.9. The van der Waals surface area contributed by atoms with E-state index < -0.39 is 18.1 Å². The summed E-state index contributed by atoms with van der Waals surface area (Å²) < 4.78 is 12.9. The lowest BCUT2D eigenvalue weighted by atomic mass is 10.2. The number of nitrogens with zero attached hydrogens (tertiary/aromatic N) is 1. The molecule has 0 aromatic heterocycles. The van der Waals surface area contributed by atoms with Crippen molar-refractivity contribution in [2.45, 2.75) is 25.6 Å². The van der Waals surface area contributed by atoms with Crippen molar-refractivity contribution in [2.24, 2.45) is 0 Å². The summed E-state index contributed by atoms with van der Waals surface area (Å²) in [5.41, 5.74) is 0. The molecule has 0 spiro atoms. The van der Waals surface area contributed by atoms with Crippen molar-refractivity contribution >= 4 is 5.91 Å². The molecule has 1 aliphatic heterocycles. The number of hydrogen-bond acceptors (Lipinski definition) is 2. The summed E-state index contributed by atoms with van der Waals surface area (Å²) in [6, 6.07) is -0.400. The second-order valence-electron chi connectivity index (χ2n) is 3.00. The first-order valence-electron chi connectivity index (χ1n) is 4.17. The van der Waals surface area contributed by atoms with Gasteiger partial charge in [-0.3, -0.25) is 4.79 Å². The van der Waals surface area contributed by atoms with Gasteiger partial charge in [-0.25, -0.2) is 4.39 Å². The molecule has 72 valence electrons. The fourth-order valence-electron chi connectivity index (χ4n) is 1.46. The van der Waals surface area contributed by atoms with Crippen LogP contribution in [-0.2, 0) is 4.79 Å². The molecule has 1 aliphatic rings. The summed E-state index contributed by atoms with van der Waals surface area (Å²) in [6.07, 6.45) is -0.812. The van der Waals surface area contributed by atoms with Crippen molar-refractivity contribution in [3.8, 4) is 11.8 Å². The second kappa shape index (κ2) is 4.24. The molecule has 1 amide bonds. The van der Waals surface area contributed by atoms with Crippen molar-refractivity contribution in [3.05, 3.63) is 0 Å². The van der Waals surface area contributed by atoms with Gasteiger partial charge in [0.1, 0.15) is 6.17 Å². The third-order valence-corrected chi connectivity index (χ3v) is 2.07. The van der Waals surface area contributed by atoms with Crippen LogP contribution in [0.25, 0.3) is 0 Å². The summed E-state index contributed by atoms with van der Waals surface area (Å²) in [7, 11) is 0. The van der Waals surface area contributed by atoms with E-state index in [1.165, 1.54) is 4.90 Å². The lowest BCUT2D eigenvalue weighted by Crippen LogP contribution is -2.37. The average molecular weight is 185 g/mol. The van der Waals surface area contributed by atoms with Crippen molar-refractivity contribution < 1.29 is 14.3 Å². The third-order valence-electron chi connectivity index (χ3n) is 2.07. The molecule has 4 heteroatoms. The Hall–Kier alpha value is -1.08. The van der Waals surface area contributed by atoms with Crippen LogP contribution >= 0.6 is 0 Å². The smallest absolute Gasteiger partial charge is 0.298 e. The predicted molar refractivity (Wildman–Crippen MR) is 45.5 cm³/mol. The molecule has 0 aliphatic carbocycles. The fraction of sp³-hybridized carbons (Fsp3) is 0.667.